The number of aliphatic carboxylic acids is 4. The van der Waals surface area contributed by atoms with E-state index in [1.165, 1.54) is 0 Å². The van der Waals surface area contributed by atoms with Gasteiger partial charge >= 0.3 is 23.9 Å². The topological polar surface area (TPSA) is 162 Å². The third kappa shape index (κ3) is 15.9. The van der Waals surface area contributed by atoms with Crippen LogP contribution in [-0.4, -0.2) is 44.3 Å². The van der Waals surface area contributed by atoms with Gasteiger partial charge in [-0.2, -0.15) is 0 Å². The maximum Gasteiger partial charge on any atom is 0.414 e. The van der Waals surface area contributed by atoms with E-state index in [2.05, 4.69) is 4.42 Å². The van der Waals surface area contributed by atoms with Gasteiger partial charge in [-0.3, -0.25) is 0 Å². The molecular weight excluding hydrogens is 240 g/mol. The molecule has 1 aromatic heterocycles. The van der Waals surface area contributed by atoms with Crippen LogP contribution in [0.2, 0.25) is 0 Å². The molecule has 9 nitrogen and oxygen atoms in total. The zero-order valence-electron chi connectivity index (χ0n) is 8.14. The largest absolute Gasteiger partial charge is 0.473 e. The molecule has 4 N–H and O–H groups in total. The van der Waals surface area contributed by atoms with Gasteiger partial charge in [-0.15, -0.1) is 0 Å². The molecule has 0 aliphatic heterocycles. The SMILES string of the molecule is O=C(O)C(=O)O.O=C(O)C(=O)O.c1ccoc1. The van der Waals surface area contributed by atoms with Gasteiger partial charge in [0.25, 0.3) is 0 Å². The molecular formula is C8H8O9. The molecule has 9 heteroatoms. The Kier molecular flexibility index (Phi) is 9.47. The van der Waals surface area contributed by atoms with E-state index in [1.807, 2.05) is 12.1 Å². The summed E-state index contributed by atoms with van der Waals surface area (Å²) in [4.78, 5) is 36.4. The van der Waals surface area contributed by atoms with Crippen molar-refractivity contribution in [2.24, 2.45) is 0 Å². The monoisotopic (exact) mass is 248 g/mol. The first-order valence-corrected chi connectivity index (χ1v) is 3.68. The highest BCUT2D eigenvalue weighted by atomic mass is 16.4. The second kappa shape index (κ2) is 9.71. The highest BCUT2D eigenvalue weighted by Gasteiger charge is 2.04. The Labute approximate surface area is 93.5 Å². The van der Waals surface area contributed by atoms with Crippen LogP contribution in [0, 0.1) is 0 Å². The molecule has 0 amide bonds. The summed E-state index contributed by atoms with van der Waals surface area (Å²) < 4.78 is 4.58. The highest BCUT2D eigenvalue weighted by molar-refractivity contribution is 6.27. The van der Waals surface area contributed by atoms with Crippen molar-refractivity contribution in [3.05, 3.63) is 24.7 Å². The molecule has 1 aromatic rings. The Hall–Kier alpha value is -2.84. The maximum atomic E-state index is 9.10. The van der Waals surface area contributed by atoms with Gasteiger partial charge in [-0.05, 0) is 12.1 Å². The van der Waals surface area contributed by atoms with Crippen LogP contribution in [0.25, 0.3) is 0 Å². The van der Waals surface area contributed by atoms with E-state index in [0.717, 1.165) is 0 Å². The van der Waals surface area contributed by atoms with Crippen molar-refractivity contribution in [2.75, 3.05) is 0 Å². The molecule has 17 heavy (non-hydrogen) atoms. The predicted molar refractivity (Wildman–Crippen MR) is 49.3 cm³/mol. The average molecular weight is 248 g/mol. The molecule has 0 atom stereocenters. The number of carboxylic acid groups (broad SMARTS) is 4. The summed E-state index contributed by atoms with van der Waals surface area (Å²) in [6, 6.07) is 3.67. The number of rotatable bonds is 0. The fourth-order valence-electron chi connectivity index (χ4n) is 0.227. The fourth-order valence-corrected chi connectivity index (χ4v) is 0.227. The van der Waals surface area contributed by atoms with Crippen LogP contribution in [0.3, 0.4) is 0 Å². The lowest BCUT2D eigenvalue weighted by Crippen LogP contribution is -2.09. The Bertz CT molecular complexity index is 299. The molecule has 0 aliphatic carbocycles. The van der Waals surface area contributed by atoms with Gasteiger partial charge in [-0.1, -0.05) is 0 Å². The van der Waals surface area contributed by atoms with Crippen molar-refractivity contribution in [1.29, 1.82) is 0 Å². The lowest BCUT2D eigenvalue weighted by molar-refractivity contribution is -0.159. The van der Waals surface area contributed by atoms with Crippen molar-refractivity contribution in [3.63, 3.8) is 0 Å². The first kappa shape index (κ1) is 16.6. The number of carbonyl (C=O) groups is 4. The molecule has 0 saturated heterocycles. The second-order valence-electron chi connectivity index (χ2n) is 2.01. The number of furan rings is 1. The minimum Gasteiger partial charge on any atom is -0.473 e. The van der Waals surface area contributed by atoms with E-state index < -0.39 is 23.9 Å². The van der Waals surface area contributed by atoms with E-state index in [-0.39, 0.29) is 0 Å². The van der Waals surface area contributed by atoms with Crippen LogP contribution in [-0.2, 0) is 19.2 Å². The third-order valence-corrected chi connectivity index (χ3v) is 0.791. The molecule has 1 rings (SSSR count). The molecule has 1 heterocycles. The van der Waals surface area contributed by atoms with Crippen LogP contribution < -0.4 is 0 Å². The Morgan fingerprint density at radius 2 is 0.882 bits per heavy atom. The van der Waals surface area contributed by atoms with E-state index in [9.17, 15) is 0 Å². The van der Waals surface area contributed by atoms with E-state index >= 15 is 0 Å². The number of hydrogen-bond donors (Lipinski definition) is 4. The predicted octanol–water partition coefficient (Wildman–Crippen LogP) is -0.409. The summed E-state index contributed by atoms with van der Waals surface area (Å²) in [7, 11) is 0. The Balaban J connectivity index is 0. The normalized spacial score (nSPS) is 7.53. The smallest absolute Gasteiger partial charge is 0.414 e. The number of carboxylic acids is 4. The maximum absolute atomic E-state index is 9.10. The zero-order valence-corrected chi connectivity index (χ0v) is 8.14. The first-order valence-electron chi connectivity index (χ1n) is 3.68. The third-order valence-electron chi connectivity index (χ3n) is 0.791. The van der Waals surface area contributed by atoms with Crippen LogP contribution in [0.15, 0.2) is 29.1 Å². The summed E-state index contributed by atoms with van der Waals surface area (Å²) in [5.41, 5.74) is 0. The van der Waals surface area contributed by atoms with Crippen molar-refractivity contribution in [2.45, 2.75) is 0 Å². The van der Waals surface area contributed by atoms with Crippen LogP contribution in [0.4, 0.5) is 0 Å². The second-order valence-corrected chi connectivity index (χ2v) is 2.01. The van der Waals surface area contributed by atoms with Crippen molar-refractivity contribution < 1.29 is 44.0 Å². The summed E-state index contributed by atoms with van der Waals surface area (Å²) in [5.74, 6) is -7.30. The molecule has 0 aliphatic rings. The molecule has 0 spiro atoms. The molecule has 0 fully saturated rings. The van der Waals surface area contributed by atoms with E-state index in [4.69, 9.17) is 39.6 Å². The molecule has 0 radical (unpaired) electrons. The number of hydrogen-bond acceptors (Lipinski definition) is 5. The lowest BCUT2D eigenvalue weighted by Gasteiger charge is -1.72. The molecule has 94 valence electrons. The molecule has 0 unspecified atom stereocenters. The Morgan fingerprint density at radius 3 is 0.941 bits per heavy atom. The molecule has 0 bridgehead atoms. The van der Waals surface area contributed by atoms with E-state index in [1.54, 1.807) is 12.5 Å². The fraction of sp³-hybridized carbons (Fsp3) is 0. The molecule has 0 aromatic carbocycles. The zero-order chi connectivity index (χ0) is 13.8. The van der Waals surface area contributed by atoms with Gasteiger partial charge in [-0.25, -0.2) is 19.2 Å². The molecule has 0 saturated carbocycles. The minimum atomic E-state index is -1.82. The van der Waals surface area contributed by atoms with Gasteiger partial charge in [0, 0.05) is 0 Å². The minimum absolute atomic E-state index is 1.62. The summed E-state index contributed by atoms with van der Waals surface area (Å²) in [6.07, 6.45) is 3.25. The lowest BCUT2D eigenvalue weighted by atomic mass is 10.7. The van der Waals surface area contributed by atoms with Gasteiger partial charge in [0.15, 0.2) is 0 Å². The first-order chi connectivity index (χ1) is 7.79. The quantitative estimate of drug-likeness (QED) is 0.447. The van der Waals surface area contributed by atoms with Crippen LogP contribution in [0.5, 0.6) is 0 Å². The highest BCUT2D eigenvalue weighted by Crippen LogP contribution is 1.79. The summed E-state index contributed by atoms with van der Waals surface area (Å²) >= 11 is 0. The summed E-state index contributed by atoms with van der Waals surface area (Å²) in [6.45, 7) is 0. The summed E-state index contributed by atoms with van der Waals surface area (Å²) in [5, 5.41) is 29.6. The standard InChI is InChI=1S/C4H4O.2C2H2O4/c1-2-4-5-3-1;2*3-1(4)2(5)6/h1-4H;2*(H,3,4)(H,5,6). The van der Waals surface area contributed by atoms with Crippen molar-refractivity contribution in [1.82, 2.24) is 0 Å². The van der Waals surface area contributed by atoms with Crippen LogP contribution >= 0.6 is 0 Å². The Morgan fingerprint density at radius 1 is 0.647 bits per heavy atom. The van der Waals surface area contributed by atoms with Gasteiger partial charge in [0.2, 0.25) is 0 Å². The van der Waals surface area contributed by atoms with Gasteiger partial charge < -0.3 is 24.8 Å². The van der Waals surface area contributed by atoms with Crippen molar-refractivity contribution >= 4 is 23.9 Å². The van der Waals surface area contributed by atoms with E-state index in [0.29, 0.717) is 0 Å². The van der Waals surface area contributed by atoms with Gasteiger partial charge in [0.1, 0.15) is 0 Å². The van der Waals surface area contributed by atoms with Crippen LogP contribution in [0.1, 0.15) is 0 Å². The van der Waals surface area contributed by atoms with Crippen molar-refractivity contribution in [3.8, 4) is 0 Å². The van der Waals surface area contributed by atoms with Gasteiger partial charge in [0.05, 0.1) is 12.5 Å². The average Bonchev–Trinajstić information content (AvgIpc) is 2.75.